The fourth-order valence-corrected chi connectivity index (χ4v) is 2.57. The van der Waals surface area contributed by atoms with Gasteiger partial charge in [0.05, 0.1) is 22.7 Å². The number of nitrogens with one attached hydrogen (secondary N) is 1. The molecule has 0 fully saturated rings. The molecule has 0 saturated heterocycles. The molecule has 0 radical (unpaired) electrons. The zero-order valence-corrected chi connectivity index (χ0v) is 14.8. The van der Waals surface area contributed by atoms with Crippen molar-refractivity contribution in [2.45, 2.75) is 12.2 Å². The third-order valence-corrected chi connectivity index (χ3v) is 3.98. The molecule has 0 saturated carbocycles. The number of nitrogens with two attached hydrogens (primary N) is 1. The van der Waals surface area contributed by atoms with E-state index in [9.17, 15) is 18.0 Å². The number of fused-ring (bicyclic) bond motifs is 1. The van der Waals surface area contributed by atoms with E-state index < -0.39 is 23.7 Å². The van der Waals surface area contributed by atoms with Gasteiger partial charge in [-0.1, -0.05) is 18.1 Å². The first-order valence-corrected chi connectivity index (χ1v) is 8.31. The van der Waals surface area contributed by atoms with Crippen LogP contribution in [-0.2, 0) is 11.0 Å². The van der Waals surface area contributed by atoms with Gasteiger partial charge >= 0.3 is 6.18 Å². The molecule has 8 heteroatoms. The second kappa shape index (κ2) is 8.01. The number of rotatable bonds is 2. The minimum absolute atomic E-state index is 0.0199. The lowest BCUT2D eigenvalue weighted by molar-refractivity contribution is -0.137. The third kappa shape index (κ3) is 4.89. The molecule has 144 valence electrons. The van der Waals surface area contributed by atoms with Crippen molar-refractivity contribution in [3.8, 4) is 17.9 Å². The van der Waals surface area contributed by atoms with E-state index >= 15 is 0 Å². The van der Waals surface area contributed by atoms with Crippen LogP contribution < -0.4 is 11.1 Å². The molecule has 0 aliphatic heterocycles. The molecule has 0 spiro atoms. The van der Waals surface area contributed by atoms with Crippen LogP contribution in [0.3, 0.4) is 0 Å². The first kappa shape index (κ1) is 19.9. The molecular formula is C21H13F3N4O. The van der Waals surface area contributed by atoms with E-state index in [0.29, 0.717) is 22.0 Å². The molecule has 2 aromatic carbocycles. The number of benzene rings is 2. The number of aromatic nitrogens is 1. The SMILES string of the molecule is N#Cc1cnc2ccc(C(N)C#CC(=O)Nc3cccc(C(F)(F)F)c3)cc2c1. The van der Waals surface area contributed by atoms with Gasteiger partial charge in [0.15, 0.2) is 0 Å². The predicted molar refractivity (Wildman–Crippen MR) is 101 cm³/mol. The largest absolute Gasteiger partial charge is 0.416 e. The Labute approximate surface area is 164 Å². The van der Waals surface area contributed by atoms with Gasteiger partial charge in [0.2, 0.25) is 0 Å². The van der Waals surface area contributed by atoms with Gasteiger partial charge in [-0.2, -0.15) is 18.4 Å². The molecule has 0 aliphatic carbocycles. The lowest BCUT2D eigenvalue weighted by Gasteiger charge is -2.08. The van der Waals surface area contributed by atoms with Gasteiger partial charge in [0.25, 0.3) is 5.91 Å². The highest BCUT2D eigenvalue weighted by Crippen LogP contribution is 2.30. The number of hydrogen-bond acceptors (Lipinski definition) is 4. The number of nitrogens with zero attached hydrogens (tertiary/aromatic N) is 2. The second-order valence-electron chi connectivity index (χ2n) is 6.07. The average molecular weight is 394 g/mol. The number of halogens is 3. The van der Waals surface area contributed by atoms with E-state index in [1.807, 2.05) is 6.07 Å². The summed E-state index contributed by atoms with van der Waals surface area (Å²) in [7, 11) is 0. The topological polar surface area (TPSA) is 91.8 Å². The van der Waals surface area contributed by atoms with Gasteiger partial charge in [-0.15, -0.1) is 0 Å². The quantitative estimate of drug-likeness (QED) is 0.648. The van der Waals surface area contributed by atoms with Gasteiger partial charge in [0.1, 0.15) is 6.07 Å². The van der Waals surface area contributed by atoms with E-state index in [1.165, 1.54) is 18.3 Å². The molecular weight excluding hydrogens is 381 g/mol. The zero-order chi connectivity index (χ0) is 21.0. The van der Waals surface area contributed by atoms with Crippen molar-refractivity contribution < 1.29 is 18.0 Å². The lowest BCUT2D eigenvalue weighted by atomic mass is 10.0. The molecule has 29 heavy (non-hydrogen) atoms. The monoisotopic (exact) mass is 394 g/mol. The molecule has 1 unspecified atom stereocenters. The smallest absolute Gasteiger partial charge is 0.315 e. The average Bonchev–Trinajstić information content (AvgIpc) is 2.70. The molecule has 5 nitrogen and oxygen atoms in total. The molecule has 3 N–H and O–H groups in total. The van der Waals surface area contributed by atoms with Crippen LogP contribution >= 0.6 is 0 Å². The Morgan fingerprint density at radius 2 is 1.97 bits per heavy atom. The summed E-state index contributed by atoms with van der Waals surface area (Å²) in [6.07, 6.45) is -3.05. The molecule has 3 rings (SSSR count). The van der Waals surface area contributed by atoms with Crippen molar-refractivity contribution in [2.75, 3.05) is 5.32 Å². The molecule has 0 aliphatic rings. The normalized spacial score (nSPS) is 11.8. The Hall–Kier alpha value is -3.88. The zero-order valence-electron chi connectivity index (χ0n) is 14.8. The van der Waals surface area contributed by atoms with E-state index in [0.717, 1.165) is 12.1 Å². The Balaban J connectivity index is 1.75. The number of pyridine rings is 1. The molecule has 1 heterocycles. The van der Waals surface area contributed by atoms with Crippen molar-refractivity contribution in [3.63, 3.8) is 0 Å². The van der Waals surface area contributed by atoms with Gasteiger partial charge in [0, 0.05) is 17.3 Å². The van der Waals surface area contributed by atoms with Crippen molar-refractivity contribution in [1.82, 2.24) is 4.98 Å². The minimum atomic E-state index is -4.51. The van der Waals surface area contributed by atoms with Crippen LogP contribution in [0.1, 0.15) is 22.7 Å². The number of alkyl halides is 3. The van der Waals surface area contributed by atoms with E-state index in [4.69, 9.17) is 11.0 Å². The Kier molecular flexibility index (Phi) is 5.49. The fourth-order valence-electron chi connectivity index (χ4n) is 2.57. The van der Waals surface area contributed by atoms with Gasteiger partial charge in [-0.25, -0.2) is 0 Å². The number of nitriles is 1. The first-order chi connectivity index (χ1) is 13.8. The standard InChI is InChI=1S/C21H13F3N4O/c22-21(23,24)16-2-1-3-17(10-16)28-20(29)7-5-18(26)14-4-6-19-15(9-14)8-13(11-25)12-27-19/h1-4,6,8-10,12,18H,26H2,(H,28,29). The number of carbonyl (C=O) groups excluding carboxylic acids is 1. The second-order valence-corrected chi connectivity index (χ2v) is 6.07. The van der Waals surface area contributed by atoms with Crippen LogP contribution in [0.15, 0.2) is 54.7 Å². The highest BCUT2D eigenvalue weighted by atomic mass is 19.4. The lowest BCUT2D eigenvalue weighted by Crippen LogP contribution is -2.12. The summed E-state index contributed by atoms with van der Waals surface area (Å²) in [5.41, 5.74) is 6.78. The Bertz CT molecular complexity index is 1190. The molecule has 1 amide bonds. The third-order valence-electron chi connectivity index (χ3n) is 3.98. The van der Waals surface area contributed by atoms with E-state index in [2.05, 4.69) is 22.1 Å². The van der Waals surface area contributed by atoms with Crippen LogP contribution in [0, 0.1) is 23.2 Å². The maximum atomic E-state index is 12.7. The van der Waals surface area contributed by atoms with Crippen LogP contribution in [0.5, 0.6) is 0 Å². The highest BCUT2D eigenvalue weighted by molar-refractivity contribution is 6.04. The Morgan fingerprint density at radius 1 is 1.17 bits per heavy atom. The maximum absolute atomic E-state index is 12.7. The van der Waals surface area contributed by atoms with Crippen molar-refractivity contribution in [1.29, 1.82) is 5.26 Å². The van der Waals surface area contributed by atoms with Gasteiger partial charge in [-0.05, 0) is 47.9 Å². The van der Waals surface area contributed by atoms with Crippen LogP contribution in [0.25, 0.3) is 10.9 Å². The molecule has 3 aromatic rings. The molecule has 1 atom stereocenters. The van der Waals surface area contributed by atoms with Crippen molar-refractivity contribution in [3.05, 3.63) is 71.4 Å². The summed E-state index contributed by atoms with van der Waals surface area (Å²) in [5.74, 6) is 4.07. The first-order valence-electron chi connectivity index (χ1n) is 8.31. The highest BCUT2D eigenvalue weighted by Gasteiger charge is 2.30. The van der Waals surface area contributed by atoms with Crippen molar-refractivity contribution >= 4 is 22.5 Å². The van der Waals surface area contributed by atoms with Crippen LogP contribution in [0.2, 0.25) is 0 Å². The predicted octanol–water partition coefficient (Wildman–Crippen LogP) is 3.77. The number of amides is 1. The summed E-state index contributed by atoms with van der Waals surface area (Å²) in [4.78, 5) is 16.1. The minimum Gasteiger partial charge on any atom is -0.315 e. The van der Waals surface area contributed by atoms with Gasteiger partial charge in [-0.3, -0.25) is 9.78 Å². The number of hydrogen-bond donors (Lipinski definition) is 2. The molecule has 1 aromatic heterocycles. The molecule has 0 bridgehead atoms. The summed E-state index contributed by atoms with van der Waals surface area (Å²) >= 11 is 0. The summed E-state index contributed by atoms with van der Waals surface area (Å²) in [6, 6.07) is 12.2. The maximum Gasteiger partial charge on any atom is 0.416 e. The number of anilines is 1. The summed E-state index contributed by atoms with van der Waals surface area (Å²) < 4.78 is 38.2. The van der Waals surface area contributed by atoms with Crippen LogP contribution in [-0.4, -0.2) is 10.9 Å². The summed E-state index contributed by atoms with van der Waals surface area (Å²) in [6.45, 7) is 0. The summed E-state index contributed by atoms with van der Waals surface area (Å²) in [5, 5.41) is 12.0. The van der Waals surface area contributed by atoms with E-state index in [1.54, 1.807) is 24.3 Å². The van der Waals surface area contributed by atoms with E-state index in [-0.39, 0.29) is 5.69 Å². The Morgan fingerprint density at radius 3 is 2.69 bits per heavy atom. The van der Waals surface area contributed by atoms with Gasteiger partial charge < -0.3 is 11.1 Å². The number of carbonyl (C=O) groups is 1. The fraction of sp³-hybridized carbons (Fsp3) is 0.0952. The van der Waals surface area contributed by atoms with Crippen molar-refractivity contribution in [2.24, 2.45) is 5.73 Å². The van der Waals surface area contributed by atoms with Crippen LogP contribution in [0.4, 0.5) is 18.9 Å².